The Kier molecular flexibility index (Phi) is 6.54. The normalized spacial score (nSPS) is 16.1. The van der Waals surface area contributed by atoms with Gasteiger partial charge in [-0.15, -0.1) is 0 Å². The smallest absolute Gasteiger partial charge is 0.410 e. The van der Waals surface area contributed by atoms with Crippen LogP contribution in [-0.4, -0.2) is 50.7 Å². The Balaban J connectivity index is 1.38. The number of piperidine rings is 1. The number of halogens is 2. The van der Waals surface area contributed by atoms with E-state index >= 15 is 0 Å². The molecule has 4 aromatic rings. The highest BCUT2D eigenvalue weighted by atomic mass is 19.1. The number of likely N-dealkylation sites (tertiary alicyclic amines) is 1. The Labute approximate surface area is 213 Å². The van der Waals surface area contributed by atoms with E-state index < -0.39 is 17.2 Å². The van der Waals surface area contributed by atoms with Crippen molar-refractivity contribution in [3.05, 3.63) is 66.6 Å². The van der Waals surface area contributed by atoms with Crippen molar-refractivity contribution in [3.63, 3.8) is 0 Å². The molecule has 1 unspecified atom stereocenters. The molecule has 2 aromatic carbocycles. The van der Waals surface area contributed by atoms with Gasteiger partial charge in [-0.25, -0.2) is 18.6 Å². The van der Waals surface area contributed by atoms with Gasteiger partial charge in [-0.05, 0) is 63.4 Å². The first-order chi connectivity index (χ1) is 17.7. The lowest BCUT2D eigenvalue weighted by molar-refractivity contribution is 0.00719. The van der Waals surface area contributed by atoms with Gasteiger partial charge < -0.3 is 19.4 Å². The summed E-state index contributed by atoms with van der Waals surface area (Å²) in [5.41, 5.74) is 1.85. The molecule has 0 aliphatic carbocycles. The van der Waals surface area contributed by atoms with Crippen LogP contribution in [0.5, 0.6) is 5.88 Å². The van der Waals surface area contributed by atoms with E-state index in [4.69, 9.17) is 9.47 Å². The first kappa shape index (κ1) is 24.7. The zero-order chi connectivity index (χ0) is 26.2. The SMILES string of the molecule is CC(C)(C)OC(=O)N1CCCC(Oc2cncc(-c3c[nH]c4ccc(-c5c(F)cccc5F)cc34)n2)C1. The number of nitrogens with zero attached hydrogens (tertiary/aromatic N) is 3. The number of ether oxygens (including phenoxy) is 2. The minimum Gasteiger partial charge on any atom is -0.471 e. The fourth-order valence-electron chi connectivity index (χ4n) is 4.49. The largest absolute Gasteiger partial charge is 0.471 e. The van der Waals surface area contributed by atoms with Crippen molar-refractivity contribution < 1.29 is 23.0 Å². The van der Waals surface area contributed by atoms with Crippen LogP contribution in [-0.2, 0) is 4.74 Å². The third-order valence-corrected chi connectivity index (χ3v) is 6.14. The number of fused-ring (bicyclic) bond motifs is 1. The molecule has 37 heavy (non-hydrogen) atoms. The molecular formula is C28H28F2N4O3. The second-order valence-electron chi connectivity index (χ2n) is 10.1. The molecule has 0 radical (unpaired) electrons. The van der Waals surface area contributed by atoms with Gasteiger partial charge in [0.05, 0.1) is 30.2 Å². The van der Waals surface area contributed by atoms with Gasteiger partial charge >= 0.3 is 6.09 Å². The first-order valence-corrected chi connectivity index (χ1v) is 12.2. The Morgan fingerprint density at radius 3 is 2.68 bits per heavy atom. The van der Waals surface area contributed by atoms with E-state index in [0.29, 0.717) is 30.2 Å². The van der Waals surface area contributed by atoms with E-state index in [1.165, 1.54) is 24.4 Å². The number of aromatic nitrogens is 3. The van der Waals surface area contributed by atoms with E-state index in [0.717, 1.165) is 29.3 Å². The van der Waals surface area contributed by atoms with Gasteiger partial charge in [0.25, 0.3) is 0 Å². The maximum atomic E-state index is 14.4. The number of rotatable bonds is 4. The lowest BCUT2D eigenvalue weighted by Crippen LogP contribution is -2.46. The second kappa shape index (κ2) is 9.80. The van der Waals surface area contributed by atoms with Crippen LogP contribution in [0.15, 0.2) is 55.0 Å². The minimum atomic E-state index is -0.625. The zero-order valence-corrected chi connectivity index (χ0v) is 20.9. The molecule has 1 aliphatic rings. The lowest BCUT2D eigenvalue weighted by atomic mass is 10.0. The van der Waals surface area contributed by atoms with Crippen LogP contribution in [0.4, 0.5) is 13.6 Å². The summed E-state index contributed by atoms with van der Waals surface area (Å²) in [7, 11) is 0. The number of amides is 1. The van der Waals surface area contributed by atoms with Gasteiger partial charge in [0, 0.05) is 29.2 Å². The van der Waals surface area contributed by atoms with Crippen molar-refractivity contribution in [2.24, 2.45) is 0 Å². The highest BCUT2D eigenvalue weighted by molar-refractivity contribution is 5.97. The third-order valence-electron chi connectivity index (χ3n) is 6.14. The molecular weight excluding hydrogens is 478 g/mol. The van der Waals surface area contributed by atoms with E-state index in [1.807, 2.05) is 20.8 Å². The molecule has 0 spiro atoms. The number of nitrogens with one attached hydrogen (secondary N) is 1. The van der Waals surface area contributed by atoms with Crippen molar-refractivity contribution in [1.82, 2.24) is 19.9 Å². The number of hydrogen-bond acceptors (Lipinski definition) is 5. The fraction of sp³-hybridized carbons (Fsp3) is 0.321. The summed E-state index contributed by atoms with van der Waals surface area (Å²) in [6.45, 7) is 6.52. The van der Waals surface area contributed by atoms with Gasteiger partial charge in [-0.1, -0.05) is 12.1 Å². The van der Waals surface area contributed by atoms with Crippen LogP contribution in [0.2, 0.25) is 0 Å². The molecule has 9 heteroatoms. The lowest BCUT2D eigenvalue weighted by Gasteiger charge is -2.33. The summed E-state index contributed by atoms with van der Waals surface area (Å²) in [6, 6.07) is 9.01. The summed E-state index contributed by atoms with van der Waals surface area (Å²) >= 11 is 0. The summed E-state index contributed by atoms with van der Waals surface area (Å²) in [5, 5.41) is 0.750. The molecule has 0 bridgehead atoms. The predicted molar refractivity (Wildman–Crippen MR) is 136 cm³/mol. The average molecular weight is 507 g/mol. The van der Waals surface area contributed by atoms with Gasteiger partial charge in [0.1, 0.15) is 23.3 Å². The van der Waals surface area contributed by atoms with Crippen molar-refractivity contribution in [2.75, 3.05) is 13.1 Å². The van der Waals surface area contributed by atoms with Crippen molar-refractivity contribution >= 4 is 17.0 Å². The highest BCUT2D eigenvalue weighted by Crippen LogP contribution is 2.34. The summed E-state index contributed by atoms with van der Waals surface area (Å²) < 4.78 is 40.4. The van der Waals surface area contributed by atoms with Crippen molar-refractivity contribution in [2.45, 2.75) is 45.3 Å². The van der Waals surface area contributed by atoms with Gasteiger partial charge in [0.15, 0.2) is 0 Å². The minimum absolute atomic E-state index is 0.0773. The van der Waals surface area contributed by atoms with Crippen LogP contribution in [0, 0.1) is 11.6 Å². The highest BCUT2D eigenvalue weighted by Gasteiger charge is 2.29. The molecule has 1 N–H and O–H groups in total. The van der Waals surface area contributed by atoms with Gasteiger partial charge in [0.2, 0.25) is 5.88 Å². The monoisotopic (exact) mass is 506 g/mol. The number of benzene rings is 2. The van der Waals surface area contributed by atoms with Crippen LogP contribution >= 0.6 is 0 Å². The van der Waals surface area contributed by atoms with E-state index in [2.05, 4.69) is 15.0 Å². The van der Waals surface area contributed by atoms with E-state index in [9.17, 15) is 13.6 Å². The number of H-pyrrole nitrogens is 1. The molecule has 1 amide bonds. The molecule has 3 heterocycles. The van der Waals surface area contributed by atoms with Crippen molar-refractivity contribution in [1.29, 1.82) is 0 Å². The van der Waals surface area contributed by atoms with Gasteiger partial charge in [-0.2, -0.15) is 0 Å². The number of carbonyl (C=O) groups is 1. The molecule has 5 rings (SSSR count). The molecule has 2 aromatic heterocycles. The average Bonchev–Trinajstić information content (AvgIpc) is 3.27. The summed E-state index contributed by atoms with van der Waals surface area (Å²) in [6.07, 6.45) is 5.88. The standard InChI is InChI=1S/C28H28F2N4O3/c1-28(2,3)37-27(35)34-11-5-6-18(16-34)36-25-15-31-14-24(33-25)20-13-32-23-10-9-17(12-19(20)23)26-21(29)7-4-8-22(26)30/h4,7-10,12-15,18,32H,5-6,11,16H2,1-3H3. The van der Waals surface area contributed by atoms with Crippen molar-refractivity contribution in [3.8, 4) is 28.3 Å². The number of carbonyl (C=O) groups excluding carboxylic acids is 1. The fourth-order valence-corrected chi connectivity index (χ4v) is 4.49. The number of aromatic amines is 1. The molecule has 7 nitrogen and oxygen atoms in total. The molecule has 1 saturated heterocycles. The van der Waals surface area contributed by atoms with Crippen LogP contribution in [0.3, 0.4) is 0 Å². The molecule has 1 atom stereocenters. The molecule has 0 saturated carbocycles. The van der Waals surface area contributed by atoms with E-state index in [-0.39, 0.29) is 17.8 Å². The summed E-state index contributed by atoms with van der Waals surface area (Å²) in [4.78, 5) is 26.3. The van der Waals surface area contributed by atoms with Crippen LogP contribution in [0.1, 0.15) is 33.6 Å². The third kappa shape index (κ3) is 5.40. The Bertz CT molecular complexity index is 1430. The first-order valence-electron chi connectivity index (χ1n) is 12.2. The van der Waals surface area contributed by atoms with Crippen LogP contribution < -0.4 is 4.74 Å². The molecule has 1 aliphatic heterocycles. The maximum absolute atomic E-state index is 14.4. The Morgan fingerprint density at radius 1 is 1.14 bits per heavy atom. The Morgan fingerprint density at radius 2 is 1.92 bits per heavy atom. The van der Waals surface area contributed by atoms with Crippen LogP contribution in [0.25, 0.3) is 33.3 Å². The Hall–Kier alpha value is -4.01. The number of hydrogen-bond donors (Lipinski definition) is 1. The summed E-state index contributed by atoms with van der Waals surface area (Å²) in [5.74, 6) is -0.918. The molecule has 192 valence electrons. The molecule has 1 fully saturated rings. The second-order valence-corrected chi connectivity index (χ2v) is 10.1. The topological polar surface area (TPSA) is 80.3 Å². The van der Waals surface area contributed by atoms with Gasteiger partial charge in [-0.3, -0.25) is 4.98 Å². The zero-order valence-electron chi connectivity index (χ0n) is 20.9. The quantitative estimate of drug-likeness (QED) is 0.349. The maximum Gasteiger partial charge on any atom is 0.410 e. The van der Waals surface area contributed by atoms with E-state index in [1.54, 1.807) is 35.5 Å². The predicted octanol–water partition coefficient (Wildman–Crippen LogP) is 6.35.